The van der Waals surface area contributed by atoms with Gasteiger partial charge >= 0.3 is 12.3 Å². The molecule has 0 unspecified atom stereocenters. The van der Waals surface area contributed by atoms with Gasteiger partial charge in [-0.3, -0.25) is 0 Å². The van der Waals surface area contributed by atoms with Crippen LogP contribution in [0.5, 0.6) is 5.75 Å². The van der Waals surface area contributed by atoms with Crippen LogP contribution in [0.3, 0.4) is 0 Å². The SMILES string of the molecule is CCCCCC1CCC(C2CCC(c3ccc(C4CCC(C(F)(F)Oc5cc(F)c(/C=C/C(F)(F)F)c(F)c5)CC4)c(F)c3)CC2)CC1. The lowest BCUT2D eigenvalue weighted by molar-refractivity contribution is -0.222. The molecule has 0 aromatic heterocycles. The molecule has 2 aromatic rings. The molecule has 3 saturated carbocycles. The molecule has 2 aromatic carbocycles. The highest BCUT2D eigenvalue weighted by Crippen LogP contribution is 2.47. The monoisotopic (exact) mass is 684 g/mol. The summed E-state index contributed by atoms with van der Waals surface area (Å²) in [6.45, 7) is 2.26. The number of rotatable bonds is 11. The summed E-state index contributed by atoms with van der Waals surface area (Å²) in [4.78, 5) is 0. The molecule has 48 heavy (non-hydrogen) atoms. The van der Waals surface area contributed by atoms with Crippen LogP contribution in [0.1, 0.15) is 138 Å². The number of unbranched alkanes of at least 4 members (excludes halogenated alkanes) is 2. The van der Waals surface area contributed by atoms with E-state index in [1.165, 1.54) is 64.2 Å². The summed E-state index contributed by atoms with van der Waals surface area (Å²) in [5, 5.41) is 0. The zero-order chi connectivity index (χ0) is 34.5. The number of ether oxygens (including phenoxy) is 1. The van der Waals surface area contributed by atoms with Crippen LogP contribution in [-0.4, -0.2) is 12.3 Å². The fourth-order valence-corrected chi connectivity index (χ4v) is 8.62. The number of hydrogen-bond acceptors (Lipinski definition) is 1. The minimum Gasteiger partial charge on any atom is -0.432 e. The third-order valence-electron chi connectivity index (χ3n) is 11.4. The third-order valence-corrected chi connectivity index (χ3v) is 11.4. The van der Waals surface area contributed by atoms with Gasteiger partial charge < -0.3 is 4.74 Å². The molecule has 1 nitrogen and oxygen atoms in total. The molecule has 0 radical (unpaired) electrons. The minimum atomic E-state index is -4.80. The Morgan fingerprint density at radius 2 is 1.27 bits per heavy atom. The predicted molar refractivity (Wildman–Crippen MR) is 172 cm³/mol. The Balaban J connectivity index is 1.10. The van der Waals surface area contributed by atoms with Crippen molar-refractivity contribution in [2.75, 3.05) is 0 Å². The molecule has 0 saturated heterocycles. The normalized spacial score (nSPS) is 27.4. The molecule has 0 N–H and O–H groups in total. The van der Waals surface area contributed by atoms with Crippen LogP contribution in [0.25, 0.3) is 6.08 Å². The van der Waals surface area contributed by atoms with E-state index in [0.717, 1.165) is 36.2 Å². The quantitative estimate of drug-likeness (QED) is 0.169. The van der Waals surface area contributed by atoms with Crippen molar-refractivity contribution in [2.24, 2.45) is 23.7 Å². The van der Waals surface area contributed by atoms with Crippen molar-refractivity contribution < 1.29 is 39.9 Å². The Morgan fingerprint density at radius 3 is 1.83 bits per heavy atom. The Morgan fingerprint density at radius 1 is 0.688 bits per heavy atom. The van der Waals surface area contributed by atoms with E-state index in [-0.39, 0.29) is 36.7 Å². The molecule has 266 valence electrons. The van der Waals surface area contributed by atoms with Crippen LogP contribution in [0.2, 0.25) is 0 Å². The first-order valence-electron chi connectivity index (χ1n) is 17.9. The van der Waals surface area contributed by atoms with Gasteiger partial charge in [-0.05, 0) is 117 Å². The molecule has 3 aliphatic carbocycles. The maximum absolute atomic E-state index is 15.4. The first kappa shape index (κ1) is 36.7. The predicted octanol–water partition coefficient (Wildman–Crippen LogP) is 13.3. The van der Waals surface area contributed by atoms with Crippen LogP contribution in [0.15, 0.2) is 36.4 Å². The number of hydrogen-bond donors (Lipinski definition) is 0. The molecule has 0 bridgehead atoms. The molecular formula is C39H48F8O. The lowest BCUT2D eigenvalue weighted by Crippen LogP contribution is -2.37. The highest BCUT2D eigenvalue weighted by molar-refractivity contribution is 5.53. The number of allylic oxidation sites excluding steroid dienone is 1. The van der Waals surface area contributed by atoms with Crippen molar-refractivity contribution in [1.82, 2.24) is 0 Å². The van der Waals surface area contributed by atoms with Crippen LogP contribution in [0, 0.1) is 41.1 Å². The van der Waals surface area contributed by atoms with Crippen molar-refractivity contribution in [3.05, 3.63) is 70.5 Å². The molecule has 0 aliphatic heterocycles. The largest absolute Gasteiger partial charge is 0.432 e. The van der Waals surface area contributed by atoms with Crippen molar-refractivity contribution >= 4 is 6.08 Å². The maximum Gasteiger partial charge on any atom is 0.409 e. The third kappa shape index (κ3) is 9.56. The van der Waals surface area contributed by atoms with Crippen molar-refractivity contribution in [3.63, 3.8) is 0 Å². The van der Waals surface area contributed by atoms with Crippen LogP contribution in [0.4, 0.5) is 35.1 Å². The van der Waals surface area contributed by atoms with Gasteiger partial charge in [-0.1, -0.05) is 57.6 Å². The van der Waals surface area contributed by atoms with Gasteiger partial charge in [0, 0.05) is 23.8 Å². The van der Waals surface area contributed by atoms with Gasteiger partial charge in [0.15, 0.2) is 0 Å². The molecule has 0 amide bonds. The first-order valence-corrected chi connectivity index (χ1v) is 17.9. The van der Waals surface area contributed by atoms with E-state index in [9.17, 15) is 22.0 Å². The van der Waals surface area contributed by atoms with Crippen molar-refractivity contribution in [3.8, 4) is 5.75 Å². The highest BCUT2D eigenvalue weighted by Gasteiger charge is 2.44. The van der Waals surface area contributed by atoms with Gasteiger partial charge in [0.1, 0.15) is 23.2 Å². The van der Waals surface area contributed by atoms with E-state index >= 15 is 13.2 Å². The van der Waals surface area contributed by atoms with Gasteiger partial charge in [0.2, 0.25) is 0 Å². The van der Waals surface area contributed by atoms with Crippen molar-refractivity contribution in [1.29, 1.82) is 0 Å². The average Bonchev–Trinajstić information content (AvgIpc) is 3.04. The molecule has 0 spiro atoms. The fraction of sp³-hybridized carbons (Fsp3) is 0.641. The molecule has 0 heterocycles. The van der Waals surface area contributed by atoms with Gasteiger partial charge in [0.25, 0.3) is 0 Å². The summed E-state index contributed by atoms with van der Waals surface area (Å²) in [6, 6.07) is 6.36. The summed E-state index contributed by atoms with van der Waals surface area (Å²) >= 11 is 0. The fourth-order valence-electron chi connectivity index (χ4n) is 8.62. The number of benzene rings is 2. The second-order valence-electron chi connectivity index (χ2n) is 14.6. The zero-order valence-corrected chi connectivity index (χ0v) is 27.8. The lowest BCUT2D eigenvalue weighted by atomic mass is 9.68. The second kappa shape index (κ2) is 16.0. The first-order chi connectivity index (χ1) is 22.8. The zero-order valence-electron chi connectivity index (χ0n) is 27.8. The van der Waals surface area contributed by atoms with Crippen LogP contribution >= 0.6 is 0 Å². The summed E-state index contributed by atoms with van der Waals surface area (Å²) in [5.74, 6) is -2.66. The van der Waals surface area contributed by atoms with E-state index in [2.05, 4.69) is 11.7 Å². The molecule has 3 aliphatic rings. The van der Waals surface area contributed by atoms with E-state index in [1.807, 2.05) is 12.1 Å². The van der Waals surface area contributed by atoms with E-state index in [1.54, 1.807) is 6.07 Å². The second-order valence-corrected chi connectivity index (χ2v) is 14.6. The van der Waals surface area contributed by atoms with Crippen LogP contribution in [-0.2, 0) is 0 Å². The topological polar surface area (TPSA) is 9.23 Å². The Bertz CT molecular complexity index is 1340. The smallest absolute Gasteiger partial charge is 0.409 e. The standard InChI is InChI=1S/C39H48F8O/c1-2-3-4-5-25-6-8-26(9-7-25)27-10-12-28(13-11-27)30-16-19-33(35(40)22-30)29-14-17-31(18-15-29)39(46,47)48-32-23-36(41)34(37(42)24-32)20-21-38(43,44)45/h16,19-29,31H,2-15,17-18H2,1H3/b21-20+. The van der Waals surface area contributed by atoms with Gasteiger partial charge in [-0.15, -0.1) is 0 Å². The maximum atomic E-state index is 15.4. The number of halogens is 8. The Kier molecular flexibility index (Phi) is 12.2. The van der Waals surface area contributed by atoms with E-state index < -0.39 is 41.2 Å². The van der Waals surface area contributed by atoms with E-state index in [4.69, 9.17) is 0 Å². The average molecular weight is 685 g/mol. The Labute approximate surface area is 279 Å². The molecule has 9 heteroatoms. The molecular weight excluding hydrogens is 636 g/mol. The molecule has 0 atom stereocenters. The lowest BCUT2D eigenvalue weighted by Gasteiger charge is -2.38. The van der Waals surface area contributed by atoms with Gasteiger partial charge in [0.05, 0.1) is 5.92 Å². The summed E-state index contributed by atoms with van der Waals surface area (Å²) in [7, 11) is 0. The van der Waals surface area contributed by atoms with Crippen molar-refractivity contribution in [2.45, 2.75) is 134 Å². The summed E-state index contributed by atoms with van der Waals surface area (Å²) < 4.78 is 116. The highest BCUT2D eigenvalue weighted by atomic mass is 19.4. The van der Waals surface area contributed by atoms with Crippen LogP contribution < -0.4 is 4.74 Å². The molecule has 5 rings (SSSR count). The summed E-state index contributed by atoms with van der Waals surface area (Å²) in [6.07, 6.45) is 7.26. The van der Waals surface area contributed by atoms with Gasteiger partial charge in [-0.2, -0.15) is 22.0 Å². The molecule has 3 fully saturated rings. The van der Waals surface area contributed by atoms with Gasteiger partial charge in [-0.25, -0.2) is 13.2 Å². The Hall–Kier alpha value is -2.58. The number of alkyl halides is 5. The minimum absolute atomic E-state index is 0.0148. The van der Waals surface area contributed by atoms with E-state index in [0.29, 0.717) is 36.5 Å². The summed E-state index contributed by atoms with van der Waals surface area (Å²) in [5.41, 5.74) is 0.537.